The van der Waals surface area contributed by atoms with Gasteiger partial charge in [0.2, 0.25) is 0 Å². The zero-order chi connectivity index (χ0) is 24.8. The van der Waals surface area contributed by atoms with E-state index in [4.69, 9.17) is 4.74 Å². The number of aryl methyl sites for hydroxylation is 1. The van der Waals surface area contributed by atoms with Gasteiger partial charge in [0.1, 0.15) is 0 Å². The van der Waals surface area contributed by atoms with Crippen molar-refractivity contribution in [3.05, 3.63) is 89.3 Å². The molecule has 184 valence electrons. The summed E-state index contributed by atoms with van der Waals surface area (Å²) in [6.45, 7) is 5.78. The lowest BCUT2D eigenvalue weighted by Gasteiger charge is -2.32. The first kappa shape index (κ1) is 22.4. The topological polar surface area (TPSA) is 67.6 Å². The number of nitrogens with zero attached hydrogens (tertiary/aromatic N) is 3. The molecular weight excluding hydrogens is 457 g/mol. The number of nitrogens with one attached hydrogen (secondary N) is 2. The Bertz CT molecular complexity index is 1460. The molecule has 7 nitrogen and oxygen atoms in total. The van der Waals surface area contributed by atoms with Crippen molar-refractivity contribution in [2.75, 3.05) is 38.1 Å². The number of hydrogen-bond donors (Lipinski definition) is 2. The number of ether oxygens (including phenoxy) is 1. The standard InChI is InChI=1S/C28H28FN5O2/c1-18-15-22-23(31-18)7-8-25(27(22)29)36-26-17-34(16-24-21(26)9-10-30-24)20-5-3-19(4-6-20)28(35)33-13-11-32(2)12-14-33/h3-10,15,17,30-31H,11-14,16H2,1-2H3. The van der Waals surface area contributed by atoms with Crippen molar-refractivity contribution < 1.29 is 13.9 Å². The van der Waals surface area contributed by atoms with Crippen LogP contribution in [0.15, 0.2) is 60.9 Å². The Kier molecular flexibility index (Phi) is 5.53. The van der Waals surface area contributed by atoms with E-state index in [2.05, 4.69) is 21.9 Å². The van der Waals surface area contributed by atoms with Gasteiger partial charge >= 0.3 is 0 Å². The summed E-state index contributed by atoms with van der Waals surface area (Å²) in [6.07, 6.45) is 3.75. The molecule has 2 aliphatic heterocycles. The molecule has 0 bridgehead atoms. The first-order valence-corrected chi connectivity index (χ1v) is 12.1. The third kappa shape index (κ3) is 4.03. The number of amides is 1. The van der Waals surface area contributed by atoms with Gasteiger partial charge in [0, 0.05) is 77.7 Å². The molecule has 1 fully saturated rings. The van der Waals surface area contributed by atoms with Gasteiger partial charge in [-0.3, -0.25) is 4.79 Å². The Labute approximate surface area is 208 Å². The summed E-state index contributed by atoms with van der Waals surface area (Å²) in [7, 11) is 2.07. The predicted octanol–water partition coefficient (Wildman–Crippen LogP) is 4.73. The molecule has 1 saturated heterocycles. The number of aromatic amines is 2. The van der Waals surface area contributed by atoms with Crippen LogP contribution in [0.3, 0.4) is 0 Å². The summed E-state index contributed by atoms with van der Waals surface area (Å²) >= 11 is 0. The molecule has 0 aliphatic carbocycles. The highest BCUT2D eigenvalue weighted by Crippen LogP contribution is 2.34. The molecule has 2 aromatic carbocycles. The summed E-state index contributed by atoms with van der Waals surface area (Å²) < 4.78 is 21.4. The Hall–Kier alpha value is -4.04. The average molecular weight is 486 g/mol. The number of piperazine rings is 1. The van der Waals surface area contributed by atoms with Crippen molar-refractivity contribution in [2.24, 2.45) is 0 Å². The summed E-state index contributed by atoms with van der Waals surface area (Å²) in [5.41, 5.74) is 5.11. The maximum absolute atomic E-state index is 15.2. The van der Waals surface area contributed by atoms with Crippen LogP contribution in [-0.4, -0.2) is 58.9 Å². The Morgan fingerprint density at radius 3 is 2.58 bits per heavy atom. The molecule has 0 spiro atoms. The van der Waals surface area contributed by atoms with Crippen LogP contribution in [-0.2, 0) is 6.54 Å². The number of likely N-dealkylation sites (N-methyl/N-ethyl adjacent to an activating group) is 1. The number of H-pyrrole nitrogens is 2. The first-order chi connectivity index (χ1) is 17.5. The second-order valence-electron chi connectivity index (χ2n) is 9.53. The van der Waals surface area contributed by atoms with Gasteiger partial charge in [0.05, 0.1) is 6.54 Å². The second-order valence-corrected chi connectivity index (χ2v) is 9.53. The number of carbonyl (C=O) groups excluding carboxylic acids is 1. The van der Waals surface area contributed by atoms with Crippen molar-refractivity contribution in [3.63, 3.8) is 0 Å². The zero-order valence-electron chi connectivity index (χ0n) is 20.3. The van der Waals surface area contributed by atoms with Gasteiger partial charge in [-0.1, -0.05) is 0 Å². The summed E-state index contributed by atoms with van der Waals surface area (Å²) in [5, 5.41) is 0.508. The number of fused-ring (bicyclic) bond motifs is 2. The fraction of sp³-hybridized carbons (Fsp3) is 0.250. The lowest BCUT2D eigenvalue weighted by atomic mass is 10.1. The highest BCUT2D eigenvalue weighted by Gasteiger charge is 2.24. The van der Waals surface area contributed by atoms with Gasteiger partial charge < -0.3 is 29.4 Å². The van der Waals surface area contributed by atoms with E-state index in [0.29, 0.717) is 23.3 Å². The largest absolute Gasteiger partial charge is 0.452 e. The van der Waals surface area contributed by atoms with Crippen LogP contribution in [0.1, 0.15) is 27.3 Å². The smallest absolute Gasteiger partial charge is 0.253 e. The first-order valence-electron chi connectivity index (χ1n) is 12.1. The highest BCUT2D eigenvalue weighted by molar-refractivity contribution is 5.94. The maximum Gasteiger partial charge on any atom is 0.253 e. The second kappa shape index (κ2) is 8.87. The number of hydrogen-bond acceptors (Lipinski definition) is 4. The summed E-state index contributed by atoms with van der Waals surface area (Å²) in [6, 6.07) is 14.8. The Morgan fingerprint density at radius 1 is 1.03 bits per heavy atom. The zero-order valence-corrected chi connectivity index (χ0v) is 20.3. The van der Waals surface area contributed by atoms with Crippen LogP contribution in [0.5, 0.6) is 5.75 Å². The quantitative estimate of drug-likeness (QED) is 0.439. The van der Waals surface area contributed by atoms with Gasteiger partial charge in [0.25, 0.3) is 5.91 Å². The van der Waals surface area contributed by atoms with Gasteiger partial charge in [-0.05, 0) is 62.5 Å². The van der Waals surface area contributed by atoms with Gasteiger partial charge in [-0.15, -0.1) is 0 Å². The number of carbonyl (C=O) groups is 1. The molecule has 1 amide bonds. The van der Waals surface area contributed by atoms with E-state index in [1.165, 1.54) is 0 Å². The maximum atomic E-state index is 15.2. The lowest BCUT2D eigenvalue weighted by molar-refractivity contribution is 0.0664. The number of rotatable bonds is 4. The average Bonchev–Trinajstić information content (AvgIpc) is 3.52. The minimum absolute atomic E-state index is 0.0605. The van der Waals surface area contributed by atoms with E-state index in [-0.39, 0.29) is 11.7 Å². The monoisotopic (exact) mass is 485 g/mol. The molecule has 2 aliphatic rings. The van der Waals surface area contributed by atoms with Crippen LogP contribution in [0.2, 0.25) is 0 Å². The van der Waals surface area contributed by atoms with Gasteiger partial charge in [-0.2, -0.15) is 0 Å². The number of anilines is 1. The molecule has 4 aromatic rings. The Morgan fingerprint density at radius 2 is 1.81 bits per heavy atom. The number of aromatic nitrogens is 2. The molecule has 2 N–H and O–H groups in total. The predicted molar refractivity (Wildman–Crippen MR) is 138 cm³/mol. The molecule has 0 radical (unpaired) electrons. The molecule has 0 atom stereocenters. The van der Waals surface area contributed by atoms with Crippen LogP contribution in [0.4, 0.5) is 10.1 Å². The molecule has 0 saturated carbocycles. The van der Waals surface area contributed by atoms with Gasteiger partial charge in [0.15, 0.2) is 17.3 Å². The molecule has 36 heavy (non-hydrogen) atoms. The molecule has 2 aromatic heterocycles. The molecule has 6 rings (SSSR count). The molecular formula is C28H28FN5O2. The van der Waals surface area contributed by atoms with Crippen LogP contribution >= 0.6 is 0 Å². The fourth-order valence-electron chi connectivity index (χ4n) is 4.91. The SMILES string of the molecule is Cc1cc2c(F)c(OC3=CN(c4ccc(C(=O)N5CCN(C)CC5)cc4)Cc4[nH]ccc43)ccc2[nH]1. The van der Waals surface area contributed by atoms with Crippen molar-refractivity contribution >= 4 is 28.3 Å². The molecule has 8 heteroatoms. The summed E-state index contributed by atoms with van der Waals surface area (Å²) in [4.78, 5) is 25.5. The van der Waals surface area contributed by atoms with E-state index in [1.54, 1.807) is 12.1 Å². The molecule has 4 heterocycles. The van der Waals surface area contributed by atoms with E-state index in [1.807, 2.05) is 65.5 Å². The van der Waals surface area contributed by atoms with Crippen LogP contribution < -0.4 is 9.64 Å². The lowest BCUT2D eigenvalue weighted by Crippen LogP contribution is -2.47. The van der Waals surface area contributed by atoms with Crippen LogP contribution in [0, 0.1) is 12.7 Å². The third-order valence-electron chi connectivity index (χ3n) is 6.99. The van der Waals surface area contributed by atoms with E-state index in [9.17, 15) is 4.79 Å². The minimum Gasteiger partial charge on any atom is -0.452 e. The number of halogens is 1. The van der Waals surface area contributed by atoms with Crippen molar-refractivity contribution in [2.45, 2.75) is 13.5 Å². The molecule has 0 unspecified atom stereocenters. The van der Waals surface area contributed by atoms with Crippen LogP contribution in [0.25, 0.3) is 16.7 Å². The van der Waals surface area contributed by atoms with Crippen molar-refractivity contribution in [3.8, 4) is 5.75 Å². The third-order valence-corrected chi connectivity index (χ3v) is 6.99. The normalized spacial score (nSPS) is 16.2. The highest BCUT2D eigenvalue weighted by atomic mass is 19.1. The van der Waals surface area contributed by atoms with E-state index < -0.39 is 5.82 Å². The van der Waals surface area contributed by atoms with E-state index >= 15 is 4.39 Å². The summed E-state index contributed by atoms with van der Waals surface area (Å²) in [5.74, 6) is 0.402. The minimum atomic E-state index is -0.390. The van der Waals surface area contributed by atoms with Crippen molar-refractivity contribution in [1.82, 2.24) is 19.8 Å². The van der Waals surface area contributed by atoms with E-state index in [0.717, 1.165) is 54.3 Å². The van der Waals surface area contributed by atoms with Crippen molar-refractivity contribution in [1.29, 1.82) is 0 Å². The Balaban J connectivity index is 1.26. The van der Waals surface area contributed by atoms with Gasteiger partial charge in [-0.25, -0.2) is 4.39 Å². The fourth-order valence-corrected chi connectivity index (χ4v) is 4.91. The number of benzene rings is 2.